The number of aliphatic carboxylic acids is 1. The Balaban J connectivity index is 1.19. The fraction of sp³-hybridized carbons (Fsp3) is 0.382. The highest BCUT2D eigenvalue weighted by Gasteiger charge is 2.30. The molecule has 2 heterocycles. The molecule has 44 heavy (non-hydrogen) atoms. The molecule has 1 unspecified atom stereocenters. The topological polar surface area (TPSA) is 129 Å². The molecule has 2 aliphatic heterocycles. The van der Waals surface area contributed by atoms with E-state index in [1.54, 1.807) is 0 Å². The molecule has 5 rings (SSSR count). The summed E-state index contributed by atoms with van der Waals surface area (Å²) in [5.74, 6) is 0.0546. The number of carboxylic acids is 1. The first-order chi connectivity index (χ1) is 21.4. The Labute approximate surface area is 257 Å². The first-order valence-electron chi connectivity index (χ1n) is 15.1. The summed E-state index contributed by atoms with van der Waals surface area (Å²) < 4.78 is 11.0. The van der Waals surface area contributed by atoms with Gasteiger partial charge >= 0.3 is 5.97 Å². The van der Waals surface area contributed by atoms with Crippen molar-refractivity contribution in [3.63, 3.8) is 0 Å². The van der Waals surface area contributed by atoms with Crippen LogP contribution in [-0.4, -0.2) is 66.8 Å². The molecule has 3 aromatic carbocycles. The minimum absolute atomic E-state index is 0.0798. The minimum atomic E-state index is -1.08. The molecular formula is C34H40N4O6. The van der Waals surface area contributed by atoms with Crippen LogP contribution in [0.5, 0.6) is 11.5 Å². The van der Waals surface area contributed by atoms with Crippen LogP contribution >= 0.6 is 0 Å². The second-order valence-electron chi connectivity index (χ2n) is 11.3. The minimum Gasteiger partial charge on any atom is -0.478 e. The Hall–Kier alpha value is -4.41. The molecule has 3 aromatic rings. The number of rotatable bonds is 13. The molecule has 0 aromatic heterocycles. The summed E-state index contributed by atoms with van der Waals surface area (Å²) >= 11 is 0. The fourth-order valence-electron chi connectivity index (χ4n) is 6.07. The summed E-state index contributed by atoms with van der Waals surface area (Å²) in [4.78, 5) is 38.2. The summed E-state index contributed by atoms with van der Waals surface area (Å²) in [6.45, 7) is 4.81. The molecule has 0 saturated carbocycles. The van der Waals surface area contributed by atoms with Gasteiger partial charge in [0.15, 0.2) is 11.5 Å². The van der Waals surface area contributed by atoms with E-state index in [1.807, 2.05) is 18.2 Å². The molecule has 0 spiro atoms. The van der Waals surface area contributed by atoms with E-state index in [0.717, 1.165) is 49.1 Å². The zero-order valence-corrected chi connectivity index (χ0v) is 25.0. The maximum Gasteiger partial charge on any atom is 0.328 e. The number of likely N-dealkylation sites (tertiary alicyclic amines) is 1. The number of carbonyl (C=O) groups excluding carboxylic acids is 2. The summed E-state index contributed by atoms with van der Waals surface area (Å²) in [5, 5.41) is 20.1. The van der Waals surface area contributed by atoms with Crippen molar-refractivity contribution < 1.29 is 29.0 Å². The molecule has 2 amide bonds. The summed E-state index contributed by atoms with van der Waals surface area (Å²) in [5.41, 5.74) is 2.37. The standard InChI is InChI=1S/C34H40N4O6/c1-23(27-9-4-7-25-6-2-3-8-28(25)27)38-16-13-26(14-17-38)29(36-20-24-11-12-30-31(18-24)44-22-43-30)19-32(39)37-21-33(40)35-15-5-10-34(41)42/h2-12,18,23,26,29,36H,13-17,19-22H2,1H3,(H,35,40)(H,37,39)(H,41,42)/b10-5+/t23?,29-/m0/s1. The van der Waals surface area contributed by atoms with Crippen molar-refractivity contribution in [2.45, 2.75) is 44.8 Å². The number of ether oxygens (including phenoxy) is 2. The van der Waals surface area contributed by atoms with Crippen LogP contribution in [-0.2, 0) is 20.9 Å². The smallest absolute Gasteiger partial charge is 0.328 e. The van der Waals surface area contributed by atoms with Crippen LogP contribution < -0.4 is 25.4 Å². The van der Waals surface area contributed by atoms with E-state index in [4.69, 9.17) is 14.6 Å². The van der Waals surface area contributed by atoms with Gasteiger partial charge in [0, 0.05) is 37.7 Å². The second-order valence-corrected chi connectivity index (χ2v) is 11.3. The third-order valence-corrected chi connectivity index (χ3v) is 8.50. The van der Waals surface area contributed by atoms with Crippen LogP contribution in [0.1, 0.15) is 43.4 Å². The number of nitrogens with one attached hydrogen (secondary N) is 3. The Morgan fingerprint density at radius 2 is 1.75 bits per heavy atom. The highest BCUT2D eigenvalue weighted by molar-refractivity contribution is 5.86. The number of carboxylic acid groups (broad SMARTS) is 1. The highest BCUT2D eigenvalue weighted by Crippen LogP contribution is 2.34. The Kier molecular flexibility index (Phi) is 10.5. The predicted molar refractivity (Wildman–Crippen MR) is 167 cm³/mol. The average Bonchev–Trinajstić information content (AvgIpc) is 3.51. The molecule has 2 atom stereocenters. The van der Waals surface area contributed by atoms with E-state index < -0.39 is 5.97 Å². The molecular weight excluding hydrogens is 560 g/mol. The Morgan fingerprint density at radius 3 is 2.57 bits per heavy atom. The van der Waals surface area contributed by atoms with E-state index in [2.05, 4.69) is 70.2 Å². The molecule has 0 radical (unpaired) electrons. The number of benzene rings is 3. The van der Waals surface area contributed by atoms with Gasteiger partial charge in [-0.2, -0.15) is 0 Å². The Bertz CT molecular complexity index is 1490. The van der Waals surface area contributed by atoms with Gasteiger partial charge in [0.1, 0.15) is 0 Å². The largest absolute Gasteiger partial charge is 0.478 e. The molecule has 232 valence electrons. The van der Waals surface area contributed by atoms with E-state index in [9.17, 15) is 14.4 Å². The van der Waals surface area contributed by atoms with Crippen molar-refractivity contribution in [3.8, 4) is 11.5 Å². The number of carbonyl (C=O) groups is 3. The first-order valence-corrected chi connectivity index (χ1v) is 15.1. The van der Waals surface area contributed by atoms with Gasteiger partial charge in [-0.1, -0.05) is 54.6 Å². The van der Waals surface area contributed by atoms with Gasteiger partial charge in [-0.05, 0) is 72.8 Å². The zero-order valence-electron chi connectivity index (χ0n) is 25.0. The lowest BCUT2D eigenvalue weighted by atomic mass is 9.86. The van der Waals surface area contributed by atoms with Crippen molar-refractivity contribution >= 4 is 28.6 Å². The molecule has 4 N–H and O–H groups in total. The van der Waals surface area contributed by atoms with E-state index in [0.29, 0.717) is 6.54 Å². The van der Waals surface area contributed by atoms with Crippen molar-refractivity contribution in [3.05, 3.63) is 83.9 Å². The van der Waals surface area contributed by atoms with Gasteiger partial charge in [0.05, 0.1) is 6.54 Å². The Morgan fingerprint density at radius 1 is 0.977 bits per heavy atom. The fourth-order valence-corrected chi connectivity index (χ4v) is 6.07. The quantitative estimate of drug-likeness (QED) is 0.218. The molecule has 1 saturated heterocycles. The van der Waals surface area contributed by atoms with Gasteiger partial charge in [-0.15, -0.1) is 0 Å². The molecule has 0 aliphatic carbocycles. The number of hydrogen-bond donors (Lipinski definition) is 4. The normalized spacial score (nSPS) is 16.6. The second kappa shape index (κ2) is 14.9. The van der Waals surface area contributed by atoms with Gasteiger partial charge < -0.3 is 30.5 Å². The third-order valence-electron chi connectivity index (χ3n) is 8.50. The van der Waals surface area contributed by atoms with E-state index in [1.165, 1.54) is 22.4 Å². The number of hydrogen-bond acceptors (Lipinski definition) is 7. The lowest BCUT2D eigenvalue weighted by Crippen LogP contribution is -2.46. The van der Waals surface area contributed by atoms with Crippen LogP contribution in [0.4, 0.5) is 0 Å². The maximum absolute atomic E-state index is 13.0. The van der Waals surface area contributed by atoms with Crippen LogP contribution in [0.3, 0.4) is 0 Å². The summed E-state index contributed by atoms with van der Waals surface area (Å²) in [7, 11) is 0. The molecule has 2 aliphatic rings. The SMILES string of the molecule is CC(c1cccc2ccccc12)N1CCC([C@H](CC(=O)NCC(=O)NC/C=C/C(=O)O)NCc2ccc3c(c2)OCO3)CC1. The van der Waals surface area contributed by atoms with Gasteiger partial charge in [-0.25, -0.2) is 4.79 Å². The third kappa shape index (κ3) is 8.15. The van der Waals surface area contributed by atoms with Crippen molar-refractivity contribution in [1.29, 1.82) is 0 Å². The monoisotopic (exact) mass is 600 g/mol. The number of amides is 2. The number of fused-ring (bicyclic) bond motifs is 2. The molecule has 10 nitrogen and oxygen atoms in total. The van der Waals surface area contributed by atoms with Crippen molar-refractivity contribution in [2.75, 3.05) is 33.0 Å². The molecule has 0 bridgehead atoms. The van der Waals surface area contributed by atoms with Crippen molar-refractivity contribution in [1.82, 2.24) is 20.9 Å². The van der Waals surface area contributed by atoms with Crippen LogP contribution in [0.25, 0.3) is 10.8 Å². The van der Waals surface area contributed by atoms with Crippen molar-refractivity contribution in [2.24, 2.45) is 5.92 Å². The molecule has 10 heteroatoms. The predicted octanol–water partition coefficient (Wildman–Crippen LogP) is 3.76. The first kappa shape index (κ1) is 31.0. The van der Waals surface area contributed by atoms with E-state index >= 15 is 0 Å². The van der Waals surface area contributed by atoms with E-state index in [-0.39, 0.29) is 56.1 Å². The van der Waals surface area contributed by atoms with Gasteiger partial charge in [0.2, 0.25) is 18.6 Å². The van der Waals surface area contributed by atoms with Crippen LogP contribution in [0.15, 0.2) is 72.8 Å². The number of nitrogens with zero attached hydrogens (tertiary/aromatic N) is 1. The average molecular weight is 601 g/mol. The van der Waals surface area contributed by atoms with Gasteiger partial charge in [-0.3, -0.25) is 14.5 Å². The van der Waals surface area contributed by atoms with Gasteiger partial charge in [0.25, 0.3) is 0 Å². The lowest BCUT2D eigenvalue weighted by molar-refractivity contribution is -0.131. The summed E-state index contributed by atoms with van der Waals surface area (Å²) in [6, 6.07) is 21.0. The van der Waals surface area contributed by atoms with Crippen LogP contribution in [0, 0.1) is 5.92 Å². The molecule has 1 fully saturated rings. The zero-order chi connectivity index (χ0) is 30.9. The summed E-state index contributed by atoms with van der Waals surface area (Å²) in [6.07, 6.45) is 4.42. The maximum atomic E-state index is 13.0. The number of piperidine rings is 1. The lowest BCUT2D eigenvalue weighted by Gasteiger charge is -2.39. The van der Waals surface area contributed by atoms with Crippen LogP contribution in [0.2, 0.25) is 0 Å². The highest BCUT2D eigenvalue weighted by atomic mass is 16.7.